The Bertz CT molecular complexity index is 784. The number of ether oxygens (including phenoxy) is 2. The maximum atomic E-state index is 12.4. The van der Waals surface area contributed by atoms with Gasteiger partial charge in [-0.3, -0.25) is 0 Å². The maximum Gasteiger partial charge on any atom is 0.410 e. The molecule has 1 amide bonds. The van der Waals surface area contributed by atoms with Crippen molar-refractivity contribution in [1.82, 2.24) is 4.90 Å². The van der Waals surface area contributed by atoms with Crippen molar-refractivity contribution in [1.29, 1.82) is 0 Å². The summed E-state index contributed by atoms with van der Waals surface area (Å²) in [6.45, 7) is 7.44. The van der Waals surface area contributed by atoms with Crippen molar-refractivity contribution in [2.24, 2.45) is 0 Å². The number of hydrogen-bond acceptors (Lipinski definition) is 3. The minimum Gasteiger partial charge on any atom is -0.489 e. The standard InChI is InChI=1S/C21H26BNO3/c1-21(2,3)26-20(24)23-12-11-16-17(13-23)18(22)9-10-19(16)25-14-15-7-5-4-6-8-15/h4-10H,11-14,22H2,1-3H3. The highest BCUT2D eigenvalue weighted by atomic mass is 16.6. The summed E-state index contributed by atoms with van der Waals surface area (Å²) in [6, 6.07) is 14.3. The molecule has 0 radical (unpaired) electrons. The predicted octanol–water partition coefficient (Wildman–Crippen LogP) is 2.82. The zero-order valence-corrected chi connectivity index (χ0v) is 16.0. The van der Waals surface area contributed by atoms with E-state index >= 15 is 0 Å². The summed E-state index contributed by atoms with van der Waals surface area (Å²) in [6.07, 6.45) is 0.526. The van der Waals surface area contributed by atoms with Gasteiger partial charge in [-0.25, -0.2) is 4.79 Å². The van der Waals surface area contributed by atoms with E-state index in [4.69, 9.17) is 9.47 Å². The molecule has 3 rings (SSSR count). The lowest BCUT2D eigenvalue weighted by Crippen LogP contribution is -2.41. The Balaban J connectivity index is 1.75. The molecular weight excluding hydrogens is 325 g/mol. The number of rotatable bonds is 3. The van der Waals surface area contributed by atoms with E-state index in [0.717, 1.165) is 17.7 Å². The molecule has 0 saturated carbocycles. The van der Waals surface area contributed by atoms with E-state index in [1.54, 1.807) is 4.90 Å². The fourth-order valence-electron chi connectivity index (χ4n) is 3.15. The number of carbonyl (C=O) groups is 1. The predicted molar refractivity (Wildman–Crippen MR) is 106 cm³/mol. The van der Waals surface area contributed by atoms with Crippen molar-refractivity contribution in [3.8, 4) is 5.75 Å². The molecule has 0 unspecified atom stereocenters. The van der Waals surface area contributed by atoms with Gasteiger partial charge in [-0.2, -0.15) is 0 Å². The molecule has 5 heteroatoms. The second-order valence-electron chi connectivity index (χ2n) is 7.76. The van der Waals surface area contributed by atoms with Gasteiger partial charge in [0.1, 0.15) is 25.8 Å². The minimum atomic E-state index is -0.479. The first-order valence-corrected chi connectivity index (χ1v) is 9.09. The Labute approximate surface area is 156 Å². The molecule has 0 saturated heterocycles. The fraction of sp³-hybridized carbons (Fsp3) is 0.381. The third kappa shape index (κ3) is 4.40. The van der Waals surface area contributed by atoms with Crippen LogP contribution in [0.3, 0.4) is 0 Å². The molecule has 0 N–H and O–H groups in total. The molecule has 26 heavy (non-hydrogen) atoms. The lowest BCUT2D eigenvalue weighted by molar-refractivity contribution is 0.0223. The molecular formula is C21H26BNO3. The Morgan fingerprint density at radius 2 is 1.85 bits per heavy atom. The smallest absolute Gasteiger partial charge is 0.410 e. The van der Waals surface area contributed by atoms with Gasteiger partial charge < -0.3 is 14.4 Å². The van der Waals surface area contributed by atoms with Crippen LogP contribution in [0.15, 0.2) is 42.5 Å². The van der Waals surface area contributed by atoms with Crippen LogP contribution in [-0.4, -0.2) is 31.0 Å². The average Bonchev–Trinajstić information content (AvgIpc) is 2.60. The largest absolute Gasteiger partial charge is 0.489 e. The summed E-state index contributed by atoms with van der Waals surface area (Å²) in [4.78, 5) is 14.2. The lowest BCUT2D eigenvalue weighted by Gasteiger charge is -2.32. The lowest BCUT2D eigenvalue weighted by atomic mass is 9.84. The van der Waals surface area contributed by atoms with Gasteiger partial charge in [0.2, 0.25) is 0 Å². The van der Waals surface area contributed by atoms with Gasteiger partial charge in [-0.15, -0.1) is 0 Å². The molecule has 136 valence electrons. The maximum absolute atomic E-state index is 12.4. The molecule has 0 atom stereocenters. The van der Waals surface area contributed by atoms with E-state index in [-0.39, 0.29) is 6.09 Å². The number of amides is 1. The zero-order valence-electron chi connectivity index (χ0n) is 16.0. The summed E-state index contributed by atoms with van der Waals surface area (Å²) in [5.41, 5.74) is 4.23. The Morgan fingerprint density at radius 3 is 2.54 bits per heavy atom. The van der Waals surface area contributed by atoms with E-state index in [0.29, 0.717) is 19.7 Å². The van der Waals surface area contributed by atoms with Gasteiger partial charge >= 0.3 is 6.09 Å². The topological polar surface area (TPSA) is 38.8 Å². The number of carbonyl (C=O) groups excluding carboxylic acids is 1. The first-order valence-electron chi connectivity index (χ1n) is 9.09. The Morgan fingerprint density at radius 1 is 1.12 bits per heavy atom. The summed E-state index contributed by atoms with van der Waals surface area (Å²) >= 11 is 0. The van der Waals surface area contributed by atoms with Crippen LogP contribution in [-0.2, 0) is 24.3 Å². The Kier molecular flexibility index (Phi) is 5.26. The highest BCUT2D eigenvalue weighted by molar-refractivity contribution is 6.33. The number of fused-ring (bicyclic) bond motifs is 1. The van der Waals surface area contributed by atoms with E-state index in [1.165, 1.54) is 16.6 Å². The van der Waals surface area contributed by atoms with Crippen molar-refractivity contribution < 1.29 is 14.3 Å². The Hall–Kier alpha value is -2.43. The zero-order chi connectivity index (χ0) is 18.7. The monoisotopic (exact) mass is 351 g/mol. The first kappa shape index (κ1) is 18.4. The molecule has 0 spiro atoms. The van der Waals surface area contributed by atoms with Crippen molar-refractivity contribution in [3.05, 3.63) is 59.2 Å². The third-order valence-corrected chi connectivity index (χ3v) is 4.49. The van der Waals surface area contributed by atoms with Crippen LogP contribution in [0, 0.1) is 0 Å². The first-order chi connectivity index (χ1) is 12.3. The molecule has 1 aliphatic heterocycles. The molecule has 0 fully saturated rings. The number of nitrogens with zero attached hydrogens (tertiary/aromatic N) is 1. The van der Waals surface area contributed by atoms with Gasteiger partial charge in [0.05, 0.1) is 0 Å². The van der Waals surface area contributed by atoms with Crippen LogP contribution in [0.5, 0.6) is 5.75 Å². The van der Waals surface area contributed by atoms with Crippen LogP contribution >= 0.6 is 0 Å². The van der Waals surface area contributed by atoms with Gasteiger partial charge in [-0.05, 0) is 44.4 Å². The SMILES string of the molecule is Bc1ccc(OCc2ccccc2)c2c1CN(C(=O)OC(C)(C)C)CC2. The molecule has 0 aliphatic carbocycles. The third-order valence-electron chi connectivity index (χ3n) is 4.49. The summed E-state index contributed by atoms with van der Waals surface area (Å²) in [7, 11) is 2.08. The van der Waals surface area contributed by atoms with Crippen molar-refractivity contribution in [3.63, 3.8) is 0 Å². The second kappa shape index (κ2) is 7.44. The summed E-state index contributed by atoms with van der Waals surface area (Å²) in [5.74, 6) is 0.915. The van der Waals surface area contributed by atoms with Crippen LogP contribution in [0.1, 0.15) is 37.5 Å². The van der Waals surface area contributed by atoms with E-state index in [1.807, 2.05) is 45.0 Å². The van der Waals surface area contributed by atoms with Gasteiger partial charge in [0.25, 0.3) is 0 Å². The van der Waals surface area contributed by atoms with Gasteiger partial charge in [-0.1, -0.05) is 41.9 Å². The van der Waals surface area contributed by atoms with E-state index in [9.17, 15) is 4.79 Å². The molecule has 2 aromatic rings. The fourth-order valence-corrected chi connectivity index (χ4v) is 3.15. The highest BCUT2D eigenvalue weighted by Gasteiger charge is 2.27. The van der Waals surface area contributed by atoms with E-state index < -0.39 is 5.60 Å². The summed E-state index contributed by atoms with van der Waals surface area (Å²) in [5, 5.41) is 0. The molecule has 1 heterocycles. The van der Waals surface area contributed by atoms with Crippen molar-refractivity contribution >= 4 is 19.4 Å². The van der Waals surface area contributed by atoms with Crippen molar-refractivity contribution in [2.45, 2.75) is 45.9 Å². The van der Waals surface area contributed by atoms with E-state index in [2.05, 4.69) is 26.0 Å². The van der Waals surface area contributed by atoms with Crippen LogP contribution in [0.4, 0.5) is 4.79 Å². The van der Waals surface area contributed by atoms with Crippen LogP contribution in [0.25, 0.3) is 0 Å². The van der Waals surface area contributed by atoms with Gasteiger partial charge in [0.15, 0.2) is 0 Å². The summed E-state index contributed by atoms with van der Waals surface area (Å²) < 4.78 is 11.6. The number of benzene rings is 2. The highest BCUT2D eigenvalue weighted by Crippen LogP contribution is 2.28. The molecule has 0 aromatic heterocycles. The normalized spacial score (nSPS) is 13.9. The van der Waals surface area contributed by atoms with Crippen LogP contribution < -0.4 is 10.2 Å². The molecule has 1 aliphatic rings. The molecule has 2 aromatic carbocycles. The van der Waals surface area contributed by atoms with Crippen molar-refractivity contribution in [2.75, 3.05) is 6.54 Å². The quantitative estimate of drug-likeness (QED) is 0.799. The molecule has 4 nitrogen and oxygen atoms in total. The average molecular weight is 351 g/mol. The van der Waals surface area contributed by atoms with Crippen LogP contribution in [0.2, 0.25) is 0 Å². The second-order valence-corrected chi connectivity index (χ2v) is 7.76. The van der Waals surface area contributed by atoms with Gasteiger partial charge in [0, 0.05) is 18.7 Å². The number of hydrogen-bond donors (Lipinski definition) is 0. The minimum absolute atomic E-state index is 0.252. The molecule has 0 bridgehead atoms.